The fourth-order valence-electron chi connectivity index (χ4n) is 3.26. The summed E-state index contributed by atoms with van der Waals surface area (Å²) in [5, 5.41) is 4.53. The Morgan fingerprint density at radius 1 is 1.23 bits per heavy atom. The Morgan fingerprint density at radius 3 is 2.77 bits per heavy atom. The Kier molecular flexibility index (Phi) is 4.51. The fraction of sp³-hybridized carbons (Fsp3) is 0.316. The van der Waals surface area contributed by atoms with Gasteiger partial charge >= 0.3 is 0 Å². The van der Waals surface area contributed by atoms with Crippen molar-refractivity contribution in [3.63, 3.8) is 0 Å². The predicted molar refractivity (Wildman–Crippen MR) is 102 cm³/mol. The topological polar surface area (TPSA) is 69.0 Å². The molecule has 0 amide bonds. The molecule has 0 bridgehead atoms. The number of rotatable bonds is 4. The van der Waals surface area contributed by atoms with E-state index < -0.39 is 0 Å². The third-order valence-corrected chi connectivity index (χ3v) is 4.97. The summed E-state index contributed by atoms with van der Waals surface area (Å²) in [6, 6.07) is 9.11. The molecular weight excluding hydrogens is 352 g/mol. The molecule has 2 aromatic heterocycles. The molecule has 134 valence electrons. The summed E-state index contributed by atoms with van der Waals surface area (Å²) in [6.45, 7) is 0. The van der Waals surface area contributed by atoms with Crippen LogP contribution in [0, 0.1) is 0 Å². The van der Waals surface area contributed by atoms with Gasteiger partial charge in [-0.05, 0) is 31.0 Å². The number of aromatic nitrogens is 3. The molecule has 6 nitrogen and oxygen atoms in total. The molecule has 4 rings (SSSR count). The molecule has 1 fully saturated rings. The first kappa shape index (κ1) is 16.8. The summed E-state index contributed by atoms with van der Waals surface area (Å²) in [5.41, 5.74) is 0.292. The minimum absolute atomic E-state index is 0.188. The van der Waals surface area contributed by atoms with E-state index in [1.165, 1.54) is 17.4 Å². The zero-order valence-corrected chi connectivity index (χ0v) is 15.2. The summed E-state index contributed by atoms with van der Waals surface area (Å²) >= 11 is 6.12. The van der Waals surface area contributed by atoms with Crippen molar-refractivity contribution >= 4 is 28.6 Å². The molecule has 1 saturated carbocycles. The van der Waals surface area contributed by atoms with Crippen LogP contribution in [0.15, 0.2) is 41.3 Å². The molecule has 0 unspecified atom stereocenters. The highest BCUT2D eigenvalue weighted by atomic mass is 35.5. The predicted octanol–water partition coefficient (Wildman–Crippen LogP) is 4.13. The number of hydrogen-bond donors (Lipinski definition) is 1. The van der Waals surface area contributed by atoms with Crippen molar-refractivity contribution in [3.05, 3.63) is 51.9 Å². The second kappa shape index (κ2) is 6.96. The molecule has 0 radical (unpaired) electrons. The number of nitrogens with one attached hydrogen (secondary N) is 1. The average Bonchev–Trinajstić information content (AvgIpc) is 3.15. The van der Waals surface area contributed by atoms with Gasteiger partial charge in [0.25, 0.3) is 5.56 Å². The molecule has 0 spiro atoms. The monoisotopic (exact) mass is 370 g/mol. The molecule has 1 N–H and O–H groups in total. The van der Waals surface area contributed by atoms with Crippen molar-refractivity contribution in [2.45, 2.75) is 31.7 Å². The van der Waals surface area contributed by atoms with Gasteiger partial charge in [-0.15, -0.1) is 0 Å². The number of aryl methyl sites for hydroxylation is 1. The van der Waals surface area contributed by atoms with Gasteiger partial charge in [0.2, 0.25) is 5.95 Å². The zero-order valence-electron chi connectivity index (χ0n) is 14.4. The van der Waals surface area contributed by atoms with E-state index in [4.69, 9.17) is 16.3 Å². The van der Waals surface area contributed by atoms with Gasteiger partial charge in [0.05, 0.1) is 5.02 Å². The van der Waals surface area contributed by atoms with Gasteiger partial charge in [-0.1, -0.05) is 36.6 Å². The minimum atomic E-state index is -0.275. The Bertz CT molecular complexity index is 1010. The molecular formula is C19H19ClN4O2. The van der Waals surface area contributed by atoms with E-state index >= 15 is 0 Å². The summed E-state index contributed by atoms with van der Waals surface area (Å²) in [7, 11) is 1.68. The van der Waals surface area contributed by atoms with Crippen molar-refractivity contribution in [1.82, 2.24) is 14.5 Å². The first-order valence-corrected chi connectivity index (χ1v) is 9.05. The van der Waals surface area contributed by atoms with Crippen LogP contribution >= 0.6 is 11.6 Å². The maximum absolute atomic E-state index is 12.7. The highest BCUT2D eigenvalue weighted by molar-refractivity contribution is 6.32. The third kappa shape index (κ3) is 3.24. The normalized spacial score (nSPS) is 14.7. The van der Waals surface area contributed by atoms with Gasteiger partial charge in [0.1, 0.15) is 11.4 Å². The number of pyridine rings is 1. The van der Waals surface area contributed by atoms with Gasteiger partial charge in [-0.25, -0.2) is 4.98 Å². The van der Waals surface area contributed by atoms with Crippen LogP contribution in [0.1, 0.15) is 25.7 Å². The van der Waals surface area contributed by atoms with E-state index in [0.717, 1.165) is 18.2 Å². The van der Waals surface area contributed by atoms with Crippen LogP contribution in [-0.2, 0) is 7.05 Å². The molecule has 7 heteroatoms. The van der Waals surface area contributed by atoms with Gasteiger partial charge in [0, 0.05) is 24.7 Å². The summed E-state index contributed by atoms with van der Waals surface area (Å²) in [4.78, 5) is 21.6. The Labute approximate surface area is 155 Å². The second-order valence-corrected chi connectivity index (χ2v) is 6.91. The summed E-state index contributed by atoms with van der Waals surface area (Å²) < 4.78 is 7.21. The van der Waals surface area contributed by atoms with Crippen LogP contribution in [0.2, 0.25) is 5.02 Å². The van der Waals surface area contributed by atoms with Crippen molar-refractivity contribution in [1.29, 1.82) is 0 Å². The summed E-state index contributed by atoms with van der Waals surface area (Å²) in [5.74, 6) is 1.18. The first-order chi connectivity index (χ1) is 12.6. The van der Waals surface area contributed by atoms with E-state index in [0.29, 0.717) is 28.4 Å². The van der Waals surface area contributed by atoms with E-state index in [-0.39, 0.29) is 11.3 Å². The molecule has 3 aromatic rings. The van der Waals surface area contributed by atoms with Crippen LogP contribution in [0.25, 0.3) is 11.0 Å². The third-order valence-electron chi connectivity index (χ3n) is 4.66. The number of hydrogen-bond acceptors (Lipinski definition) is 5. The van der Waals surface area contributed by atoms with Crippen LogP contribution in [0.3, 0.4) is 0 Å². The van der Waals surface area contributed by atoms with E-state index in [1.807, 2.05) is 0 Å². The highest BCUT2D eigenvalue weighted by Gasteiger charge is 2.17. The van der Waals surface area contributed by atoms with Crippen LogP contribution in [0.5, 0.6) is 11.5 Å². The Morgan fingerprint density at radius 2 is 2.00 bits per heavy atom. The smallest absolute Gasteiger partial charge is 0.294 e. The first-order valence-electron chi connectivity index (χ1n) is 8.67. The number of halogens is 1. The highest BCUT2D eigenvalue weighted by Crippen LogP contribution is 2.28. The molecule has 2 heterocycles. The van der Waals surface area contributed by atoms with Crippen LogP contribution < -0.4 is 15.6 Å². The zero-order chi connectivity index (χ0) is 18.1. The number of para-hydroxylation sites is 1. The Balaban J connectivity index is 1.70. The minimum Gasteiger partial charge on any atom is -0.450 e. The lowest BCUT2D eigenvalue weighted by Crippen LogP contribution is -2.21. The molecule has 1 aliphatic carbocycles. The molecule has 0 saturated heterocycles. The van der Waals surface area contributed by atoms with Crippen molar-refractivity contribution in [2.75, 3.05) is 5.32 Å². The van der Waals surface area contributed by atoms with Crippen molar-refractivity contribution in [3.8, 4) is 11.5 Å². The van der Waals surface area contributed by atoms with Crippen LogP contribution in [0.4, 0.5) is 5.95 Å². The lowest BCUT2D eigenvalue weighted by molar-refractivity contribution is 0.472. The largest absolute Gasteiger partial charge is 0.450 e. The van der Waals surface area contributed by atoms with Gasteiger partial charge in [-0.2, -0.15) is 4.98 Å². The maximum atomic E-state index is 12.7. The lowest BCUT2D eigenvalue weighted by atomic mass is 10.2. The number of anilines is 1. The Hall–Kier alpha value is -2.60. The quantitative estimate of drug-likeness (QED) is 0.747. The van der Waals surface area contributed by atoms with Crippen molar-refractivity contribution in [2.24, 2.45) is 7.05 Å². The maximum Gasteiger partial charge on any atom is 0.294 e. The lowest BCUT2D eigenvalue weighted by Gasteiger charge is -2.14. The number of benzene rings is 1. The van der Waals surface area contributed by atoms with Gasteiger partial charge in [-0.3, -0.25) is 9.36 Å². The van der Waals surface area contributed by atoms with Crippen LogP contribution in [-0.4, -0.2) is 20.6 Å². The number of nitrogens with zero attached hydrogens (tertiary/aromatic N) is 3. The van der Waals surface area contributed by atoms with E-state index in [1.54, 1.807) is 43.6 Å². The molecule has 26 heavy (non-hydrogen) atoms. The molecule has 0 atom stereocenters. The number of ether oxygens (including phenoxy) is 1. The average molecular weight is 371 g/mol. The molecule has 1 aromatic carbocycles. The molecule has 0 aliphatic heterocycles. The van der Waals surface area contributed by atoms with Gasteiger partial charge < -0.3 is 10.1 Å². The van der Waals surface area contributed by atoms with Crippen molar-refractivity contribution < 1.29 is 4.74 Å². The second-order valence-electron chi connectivity index (χ2n) is 6.50. The fourth-order valence-corrected chi connectivity index (χ4v) is 3.43. The van der Waals surface area contributed by atoms with E-state index in [9.17, 15) is 4.79 Å². The number of fused-ring (bicyclic) bond motifs is 1. The SMILES string of the molecule is Cn1c(=O)c(Oc2ccccc2Cl)cc2cnc(NC3CCCC3)nc21. The van der Waals surface area contributed by atoms with Gasteiger partial charge in [0.15, 0.2) is 5.75 Å². The van der Waals surface area contributed by atoms with E-state index in [2.05, 4.69) is 15.3 Å². The summed E-state index contributed by atoms with van der Waals surface area (Å²) in [6.07, 6.45) is 6.42. The standard InChI is InChI=1S/C19H19ClN4O2/c1-24-17-12(11-21-19(23-17)22-13-6-2-3-7-13)10-16(18(24)25)26-15-9-5-4-8-14(15)20/h4-5,8-11,13H,2-3,6-7H2,1H3,(H,21,22,23). The molecule has 1 aliphatic rings.